The standard InChI is InChI=1S/C11H5Cl2FN2O/c12-9-8(10(13)17)5-15-11(16-9)6-2-1-3-7(14)4-6/h1-5H. The third kappa shape index (κ3) is 2.60. The van der Waals surface area contributed by atoms with Gasteiger partial charge in [0.25, 0.3) is 5.24 Å². The molecule has 1 aromatic heterocycles. The monoisotopic (exact) mass is 270 g/mol. The second kappa shape index (κ2) is 4.77. The van der Waals surface area contributed by atoms with Crippen LogP contribution in [0.2, 0.25) is 5.15 Å². The predicted octanol–water partition coefficient (Wildman–Crippen LogP) is 3.32. The maximum absolute atomic E-state index is 13.0. The van der Waals surface area contributed by atoms with Crippen molar-refractivity contribution in [3.8, 4) is 11.4 Å². The third-order valence-corrected chi connectivity index (χ3v) is 2.53. The Kier molecular flexibility index (Phi) is 3.36. The summed E-state index contributed by atoms with van der Waals surface area (Å²) in [5.74, 6) is -0.170. The fourth-order valence-corrected chi connectivity index (χ4v) is 1.66. The Morgan fingerprint density at radius 2 is 2.12 bits per heavy atom. The molecule has 0 saturated heterocycles. The first-order valence-corrected chi connectivity index (χ1v) is 5.32. The van der Waals surface area contributed by atoms with Crippen LogP contribution in [0.5, 0.6) is 0 Å². The van der Waals surface area contributed by atoms with Crippen LogP contribution in [0.3, 0.4) is 0 Å². The number of nitrogens with zero attached hydrogens (tertiary/aromatic N) is 2. The van der Waals surface area contributed by atoms with Crippen LogP contribution in [0.25, 0.3) is 11.4 Å². The van der Waals surface area contributed by atoms with Gasteiger partial charge in [0.05, 0.1) is 5.56 Å². The highest BCUT2D eigenvalue weighted by Gasteiger charge is 2.11. The van der Waals surface area contributed by atoms with Crippen molar-refractivity contribution < 1.29 is 9.18 Å². The zero-order valence-corrected chi connectivity index (χ0v) is 9.84. The Morgan fingerprint density at radius 3 is 2.71 bits per heavy atom. The molecule has 1 aromatic carbocycles. The number of halogens is 3. The molecule has 0 atom stereocenters. The number of aromatic nitrogens is 2. The van der Waals surface area contributed by atoms with Crippen LogP contribution in [0, 0.1) is 5.82 Å². The molecule has 2 aromatic rings. The maximum Gasteiger partial charge on any atom is 0.257 e. The van der Waals surface area contributed by atoms with E-state index in [0.717, 1.165) is 0 Å². The Labute approximate surface area is 106 Å². The second-order valence-electron chi connectivity index (χ2n) is 3.18. The lowest BCUT2D eigenvalue weighted by Gasteiger charge is -2.02. The van der Waals surface area contributed by atoms with Crippen LogP contribution in [0.15, 0.2) is 30.5 Å². The Bertz CT molecular complexity index is 589. The van der Waals surface area contributed by atoms with E-state index in [-0.39, 0.29) is 16.5 Å². The molecule has 0 aliphatic heterocycles. The van der Waals surface area contributed by atoms with Crippen molar-refractivity contribution in [2.24, 2.45) is 0 Å². The highest BCUT2D eigenvalue weighted by molar-refractivity contribution is 6.68. The molecule has 0 saturated carbocycles. The Hall–Kier alpha value is -1.52. The summed E-state index contributed by atoms with van der Waals surface area (Å²) >= 11 is 11.0. The van der Waals surface area contributed by atoms with Crippen LogP contribution in [-0.2, 0) is 0 Å². The Balaban J connectivity index is 2.48. The lowest BCUT2D eigenvalue weighted by Crippen LogP contribution is -1.97. The summed E-state index contributed by atoms with van der Waals surface area (Å²) in [6, 6.07) is 5.75. The zero-order chi connectivity index (χ0) is 12.4. The minimum atomic E-state index is -0.735. The van der Waals surface area contributed by atoms with Gasteiger partial charge in [-0.1, -0.05) is 23.7 Å². The minimum absolute atomic E-state index is 0.0217. The topological polar surface area (TPSA) is 42.9 Å². The lowest BCUT2D eigenvalue weighted by atomic mass is 10.2. The van der Waals surface area contributed by atoms with E-state index in [1.165, 1.54) is 24.4 Å². The second-order valence-corrected chi connectivity index (χ2v) is 3.88. The molecule has 0 aliphatic carbocycles. The molecular formula is C11H5Cl2FN2O. The molecule has 86 valence electrons. The lowest BCUT2D eigenvalue weighted by molar-refractivity contribution is 0.108. The highest BCUT2D eigenvalue weighted by Crippen LogP contribution is 2.20. The SMILES string of the molecule is O=C(Cl)c1cnc(-c2cccc(F)c2)nc1Cl. The number of hydrogen-bond acceptors (Lipinski definition) is 3. The van der Waals surface area contributed by atoms with Crippen molar-refractivity contribution >= 4 is 28.4 Å². The number of hydrogen-bond donors (Lipinski definition) is 0. The van der Waals surface area contributed by atoms with Gasteiger partial charge in [-0.05, 0) is 23.7 Å². The van der Waals surface area contributed by atoms with E-state index in [0.29, 0.717) is 5.56 Å². The van der Waals surface area contributed by atoms with Crippen molar-refractivity contribution in [1.82, 2.24) is 9.97 Å². The first kappa shape index (κ1) is 12.0. The first-order valence-electron chi connectivity index (χ1n) is 4.56. The molecule has 0 spiro atoms. The zero-order valence-electron chi connectivity index (χ0n) is 8.32. The number of benzene rings is 1. The molecule has 0 radical (unpaired) electrons. The molecule has 0 fully saturated rings. The van der Waals surface area contributed by atoms with E-state index in [4.69, 9.17) is 23.2 Å². The summed E-state index contributed by atoms with van der Waals surface area (Å²) in [5.41, 5.74) is 0.494. The normalized spacial score (nSPS) is 10.3. The van der Waals surface area contributed by atoms with E-state index in [1.54, 1.807) is 6.07 Å². The quantitative estimate of drug-likeness (QED) is 0.621. The smallest absolute Gasteiger partial charge is 0.257 e. The average Bonchev–Trinajstić information content (AvgIpc) is 2.28. The predicted molar refractivity (Wildman–Crippen MR) is 62.6 cm³/mol. The maximum atomic E-state index is 13.0. The molecular weight excluding hydrogens is 266 g/mol. The molecule has 2 rings (SSSR count). The van der Waals surface area contributed by atoms with Gasteiger partial charge < -0.3 is 0 Å². The van der Waals surface area contributed by atoms with Gasteiger partial charge in [0.15, 0.2) is 5.82 Å². The van der Waals surface area contributed by atoms with Gasteiger partial charge in [-0.25, -0.2) is 14.4 Å². The van der Waals surface area contributed by atoms with E-state index in [1.807, 2.05) is 0 Å². The van der Waals surface area contributed by atoms with Crippen LogP contribution < -0.4 is 0 Å². The number of carbonyl (C=O) groups excluding carboxylic acids is 1. The highest BCUT2D eigenvalue weighted by atomic mass is 35.5. The molecule has 0 bridgehead atoms. The van der Waals surface area contributed by atoms with Gasteiger partial charge in [0.2, 0.25) is 0 Å². The Morgan fingerprint density at radius 1 is 1.35 bits per heavy atom. The largest absolute Gasteiger partial charge is 0.275 e. The van der Waals surface area contributed by atoms with Gasteiger partial charge >= 0.3 is 0 Å². The van der Waals surface area contributed by atoms with Gasteiger partial charge in [-0.15, -0.1) is 0 Å². The van der Waals surface area contributed by atoms with Crippen LogP contribution >= 0.6 is 23.2 Å². The van der Waals surface area contributed by atoms with Crippen LogP contribution in [-0.4, -0.2) is 15.2 Å². The van der Waals surface area contributed by atoms with Crippen molar-refractivity contribution in [2.75, 3.05) is 0 Å². The van der Waals surface area contributed by atoms with Crippen molar-refractivity contribution in [3.05, 3.63) is 47.0 Å². The van der Waals surface area contributed by atoms with E-state index in [9.17, 15) is 9.18 Å². The summed E-state index contributed by atoms with van der Waals surface area (Å²) in [6.07, 6.45) is 1.21. The fourth-order valence-electron chi connectivity index (χ4n) is 1.26. The third-order valence-electron chi connectivity index (χ3n) is 2.04. The first-order chi connectivity index (χ1) is 8.08. The fraction of sp³-hybridized carbons (Fsp3) is 0. The van der Waals surface area contributed by atoms with Crippen molar-refractivity contribution in [2.45, 2.75) is 0 Å². The molecule has 17 heavy (non-hydrogen) atoms. The van der Waals surface area contributed by atoms with Gasteiger partial charge in [0, 0.05) is 11.8 Å². The minimum Gasteiger partial charge on any atom is -0.275 e. The van der Waals surface area contributed by atoms with Crippen molar-refractivity contribution in [1.29, 1.82) is 0 Å². The van der Waals surface area contributed by atoms with E-state index in [2.05, 4.69) is 9.97 Å². The molecule has 3 nitrogen and oxygen atoms in total. The molecule has 1 heterocycles. The van der Waals surface area contributed by atoms with Crippen LogP contribution in [0.4, 0.5) is 4.39 Å². The van der Waals surface area contributed by atoms with E-state index >= 15 is 0 Å². The average molecular weight is 271 g/mol. The molecule has 6 heteroatoms. The van der Waals surface area contributed by atoms with Crippen LogP contribution in [0.1, 0.15) is 10.4 Å². The van der Waals surface area contributed by atoms with Gasteiger partial charge in [-0.2, -0.15) is 0 Å². The number of rotatable bonds is 2. The summed E-state index contributed by atoms with van der Waals surface area (Å²) in [5, 5.41) is -0.792. The molecule has 0 amide bonds. The summed E-state index contributed by atoms with van der Waals surface area (Å²) in [6.45, 7) is 0. The summed E-state index contributed by atoms with van der Waals surface area (Å²) in [4.78, 5) is 18.7. The summed E-state index contributed by atoms with van der Waals surface area (Å²) in [7, 11) is 0. The van der Waals surface area contributed by atoms with Crippen molar-refractivity contribution in [3.63, 3.8) is 0 Å². The summed E-state index contributed by atoms with van der Waals surface area (Å²) < 4.78 is 13.0. The van der Waals surface area contributed by atoms with Gasteiger partial charge in [0.1, 0.15) is 11.0 Å². The van der Waals surface area contributed by atoms with E-state index < -0.39 is 11.1 Å². The number of carbonyl (C=O) groups is 1. The molecule has 0 N–H and O–H groups in total. The van der Waals surface area contributed by atoms with Gasteiger partial charge in [-0.3, -0.25) is 4.79 Å². The molecule has 0 unspecified atom stereocenters. The molecule has 0 aliphatic rings.